The van der Waals surface area contributed by atoms with Gasteiger partial charge in [-0.05, 0) is 69.3 Å². The van der Waals surface area contributed by atoms with Crippen LogP contribution in [0.15, 0.2) is 62.9 Å². The molecule has 38 heavy (non-hydrogen) atoms. The maximum absolute atomic E-state index is 13.1. The van der Waals surface area contributed by atoms with E-state index >= 15 is 0 Å². The number of aromatic nitrogens is 3. The largest absolute Gasteiger partial charge is 0.484 e. The molecule has 0 unspecified atom stereocenters. The van der Waals surface area contributed by atoms with Crippen LogP contribution in [0.5, 0.6) is 5.75 Å². The summed E-state index contributed by atoms with van der Waals surface area (Å²) in [7, 11) is 0. The van der Waals surface area contributed by atoms with Gasteiger partial charge in [0.1, 0.15) is 11.6 Å². The quantitative estimate of drug-likeness (QED) is 0.323. The van der Waals surface area contributed by atoms with Gasteiger partial charge in [0.05, 0.1) is 30.3 Å². The van der Waals surface area contributed by atoms with Crippen LogP contribution < -0.4 is 10.3 Å². The lowest BCUT2D eigenvalue weighted by molar-refractivity contribution is -0.137. The molecule has 2 aromatic carbocycles. The van der Waals surface area contributed by atoms with E-state index in [1.54, 1.807) is 24.1 Å². The summed E-state index contributed by atoms with van der Waals surface area (Å²) in [6.07, 6.45) is 1.69. The zero-order chi connectivity index (χ0) is 26.8. The fraction of sp³-hybridized carbons (Fsp3) is 0.286. The van der Waals surface area contributed by atoms with Gasteiger partial charge < -0.3 is 18.9 Å². The molecule has 1 aliphatic heterocycles. The van der Waals surface area contributed by atoms with E-state index in [1.165, 1.54) is 4.68 Å². The summed E-state index contributed by atoms with van der Waals surface area (Å²) in [5.74, 6) is 1.10. The van der Waals surface area contributed by atoms with E-state index in [1.807, 2.05) is 56.3 Å². The molecule has 3 heterocycles. The Kier molecular flexibility index (Phi) is 7.44. The van der Waals surface area contributed by atoms with Crippen molar-refractivity contribution in [3.05, 3.63) is 86.1 Å². The Morgan fingerprint density at radius 1 is 1.11 bits per heavy atom. The van der Waals surface area contributed by atoms with Crippen molar-refractivity contribution in [2.24, 2.45) is 5.10 Å². The van der Waals surface area contributed by atoms with Gasteiger partial charge in [-0.25, -0.2) is 4.98 Å². The first-order valence-electron chi connectivity index (χ1n) is 12.3. The fourth-order valence-corrected chi connectivity index (χ4v) is 4.93. The van der Waals surface area contributed by atoms with Gasteiger partial charge in [0, 0.05) is 40.2 Å². The third-order valence-corrected chi connectivity index (χ3v) is 7.07. The molecule has 1 amide bonds. The number of benzene rings is 2. The van der Waals surface area contributed by atoms with Crippen molar-refractivity contribution in [1.29, 1.82) is 0 Å². The number of morpholine rings is 1. The Labute approximate surface area is 228 Å². The molecule has 2 aromatic heterocycles. The lowest BCUT2D eigenvalue weighted by atomic mass is 10.2. The first-order chi connectivity index (χ1) is 18.3. The third kappa shape index (κ3) is 5.27. The standard InChI is InChI=1S/C28H28BrN5O4/c1-18-14-21(16-30-34-20(3)31-26-9-4-22(29)15-25(26)28(34)36)19(2)33(18)23-5-7-24(8-6-23)38-17-27(35)32-10-12-37-13-11-32/h4-9,14-16H,10-13,17H2,1-3H3. The van der Waals surface area contributed by atoms with Crippen molar-refractivity contribution < 1.29 is 14.3 Å². The van der Waals surface area contributed by atoms with Gasteiger partial charge >= 0.3 is 0 Å². The second kappa shape index (κ2) is 10.9. The van der Waals surface area contributed by atoms with Gasteiger partial charge in [0.15, 0.2) is 6.61 Å². The SMILES string of the molecule is Cc1cc(C=Nn2c(C)nc3ccc(Br)cc3c2=O)c(C)n1-c1ccc(OCC(=O)N2CCOCC2)cc1. The Bertz CT molecular complexity index is 1580. The molecule has 4 aromatic rings. The molecule has 0 bridgehead atoms. The summed E-state index contributed by atoms with van der Waals surface area (Å²) in [6, 6.07) is 15.1. The number of rotatable bonds is 6. The number of hydrogen-bond acceptors (Lipinski definition) is 6. The number of carbonyl (C=O) groups is 1. The minimum absolute atomic E-state index is 0.000895. The predicted octanol–water partition coefficient (Wildman–Crippen LogP) is 3.99. The lowest BCUT2D eigenvalue weighted by Crippen LogP contribution is -2.42. The minimum Gasteiger partial charge on any atom is -0.484 e. The predicted molar refractivity (Wildman–Crippen MR) is 150 cm³/mol. The van der Waals surface area contributed by atoms with Crippen LogP contribution in [-0.4, -0.2) is 64.2 Å². The summed E-state index contributed by atoms with van der Waals surface area (Å²) in [4.78, 5) is 31.7. The molecule has 5 rings (SSSR count). The van der Waals surface area contributed by atoms with Crippen LogP contribution in [0.2, 0.25) is 0 Å². The van der Waals surface area contributed by atoms with E-state index in [0.29, 0.717) is 48.8 Å². The molecule has 1 saturated heterocycles. The minimum atomic E-state index is -0.221. The molecule has 0 spiro atoms. The van der Waals surface area contributed by atoms with Crippen LogP contribution in [0, 0.1) is 20.8 Å². The van der Waals surface area contributed by atoms with E-state index in [0.717, 1.165) is 27.1 Å². The van der Waals surface area contributed by atoms with Crippen LogP contribution in [0.4, 0.5) is 0 Å². The highest BCUT2D eigenvalue weighted by Gasteiger charge is 2.17. The van der Waals surface area contributed by atoms with E-state index in [2.05, 4.69) is 30.6 Å². The number of ether oxygens (including phenoxy) is 2. The number of fused-ring (bicyclic) bond motifs is 1. The molecule has 196 valence electrons. The number of amides is 1. The van der Waals surface area contributed by atoms with Crippen molar-refractivity contribution in [2.75, 3.05) is 32.9 Å². The zero-order valence-electron chi connectivity index (χ0n) is 21.5. The molecule has 0 saturated carbocycles. The monoisotopic (exact) mass is 577 g/mol. The van der Waals surface area contributed by atoms with Crippen LogP contribution in [0.25, 0.3) is 16.6 Å². The van der Waals surface area contributed by atoms with Crippen molar-refractivity contribution in [3.63, 3.8) is 0 Å². The van der Waals surface area contributed by atoms with Gasteiger partial charge in [-0.1, -0.05) is 15.9 Å². The average Bonchev–Trinajstić information content (AvgIpc) is 3.21. The fourth-order valence-electron chi connectivity index (χ4n) is 4.57. The van der Waals surface area contributed by atoms with Crippen LogP contribution in [-0.2, 0) is 9.53 Å². The summed E-state index contributed by atoms with van der Waals surface area (Å²) >= 11 is 3.42. The Balaban J connectivity index is 1.34. The van der Waals surface area contributed by atoms with Gasteiger partial charge in [-0.15, -0.1) is 0 Å². The van der Waals surface area contributed by atoms with Crippen molar-refractivity contribution in [1.82, 2.24) is 19.1 Å². The molecule has 0 aliphatic carbocycles. The average molecular weight is 578 g/mol. The molecular formula is C28H28BrN5O4. The Hall–Kier alpha value is -3.76. The zero-order valence-corrected chi connectivity index (χ0v) is 23.1. The number of halogens is 1. The second-order valence-electron chi connectivity index (χ2n) is 9.12. The molecule has 0 N–H and O–H groups in total. The van der Waals surface area contributed by atoms with Gasteiger partial charge in [0.2, 0.25) is 0 Å². The van der Waals surface area contributed by atoms with Crippen LogP contribution in [0.3, 0.4) is 0 Å². The van der Waals surface area contributed by atoms with Gasteiger partial charge in [-0.2, -0.15) is 9.78 Å². The smallest absolute Gasteiger partial charge is 0.282 e. The van der Waals surface area contributed by atoms with Gasteiger partial charge in [0.25, 0.3) is 11.5 Å². The highest BCUT2D eigenvalue weighted by atomic mass is 79.9. The van der Waals surface area contributed by atoms with Crippen molar-refractivity contribution >= 4 is 39.0 Å². The van der Waals surface area contributed by atoms with E-state index in [4.69, 9.17) is 9.47 Å². The number of hydrogen-bond donors (Lipinski definition) is 0. The molecule has 1 aliphatic rings. The second-order valence-corrected chi connectivity index (χ2v) is 10.0. The lowest BCUT2D eigenvalue weighted by Gasteiger charge is -2.26. The normalized spacial score (nSPS) is 13.9. The first kappa shape index (κ1) is 25.9. The highest BCUT2D eigenvalue weighted by molar-refractivity contribution is 9.10. The third-order valence-electron chi connectivity index (χ3n) is 6.57. The molecule has 10 heteroatoms. The molecule has 0 radical (unpaired) electrons. The maximum atomic E-state index is 13.1. The van der Waals surface area contributed by atoms with Crippen molar-refractivity contribution in [3.8, 4) is 11.4 Å². The van der Waals surface area contributed by atoms with E-state index in [9.17, 15) is 9.59 Å². The van der Waals surface area contributed by atoms with Crippen LogP contribution in [0.1, 0.15) is 22.8 Å². The van der Waals surface area contributed by atoms with E-state index in [-0.39, 0.29) is 18.1 Å². The van der Waals surface area contributed by atoms with E-state index < -0.39 is 0 Å². The topological polar surface area (TPSA) is 90.9 Å². The highest BCUT2D eigenvalue weighted by Crippen LogP contribution is 2.22. The molecule has 1 fully saturated rings. The summed E-state index contributed by atoms with van der Waals surface area (Å²) in [5.41, 5.74) is 4.26. The first-order valence-corrected chi connectivity index (χ1v) is 13.1. The summed E-state index contributed by atoms with van der Waals surface area (Å²) < 4.78 is 15.3. The van der Waals surface area contributed by atoms with Crippen molar-refractivity contribution in [2.45, 2.75) is 20.8 Å². The number of carbonyl (C=O) groups excluding carboxylic acids is 1. The maximum Gasteiger partial charge on any atom is 0.282 e. The summed E-state index contributed by atoms with van der Waals surface area (Å²) in [5, 5.41) is 4.98. The summed E-state index contributed by atoms with van der Waals surface area (Å²) in [6.45, 7) is 8.12. The van der Waals surface area contributed by atoms with Gasteiger partial charge in [-0.3, -0.25) is 9.59 Å². The Morgan fingerprint density at radius 2 is 1.84 bits per heavy atom. The Morgan fingerprint density at radius 3 is 2.58 bits per heavy atom. The number of nitrogens with zero attached hydrogens (tertiary/aromatic N) is 5. The van der Waals surface area contributed by atoms with Crippen LogP contribution >= 0.6 is 15.9 Å². The number of aryl methyl sites for hydroxylation is 2. The molecular weight excluding hydrogens is 550 g/mol. The molecule has 9 nitrogen and oxygen atoms in total. The molecule has 0 atom stereocenters.